The molecule has 2 rings (SSSR count). The SMILES string of the molecule is NCCc1cccc(-n2nccn2)c1. The fraction of sp³-hybridized carbons (Fsp3) is 0.200. The molecule has 1 aromatic carbocycles. The number of nitrogens with two attached hydrogens (primary N) is 1. The highest BCUT2D eigenvalue weighted by molar-refractivity contribution is 5.33. The largest absolute Gasteiger partial charge is 0.330 e. The van der Waals surface area contributed by atoms with E-state index in [4.69, 9.17) is 5.73 Å². The first-order chi connectivity index (χ1) is 6.90. The number of hydrogen-bond acceptors (Lipinski definition) is 3. The van der Waals surface area contributed by atoms with Crippen LogP contribution in [0.3, 0.4) is 0 Å². The van der Waals surface area contributed by atoms with Gasteiger partial charge in [-0.2, -0.15) is 15.0 Å². The van der Waals surface area contributed by atoms with Crippen LogP contribution in [0.25, 0.3) is 5.69 Å². The van der Waals surface area contributed by atoms with Gasteiger partial charge in [-0.05, 0) is 30.7 Å². The third-order valence-corrected chi connectivity index (χ3v) is 1.99. The van der Waals surface area contributed by atoms with Crippen LogP contribution in [0, 0.1) is 0 Å². The predicted octanol–water partition coefficient (Wildman–Crippen LogP) is 0.768. The van der Waals surface area contributed by atoms with Crippen LogP contribution in [-0.4, -0.2) is 21.5 Å². The highest BCUT2D eigenvalue weighted by Gasteiger charge is 1.98. The van der Waals surface area contributed by atoms with Crippen LogP contribution >= 0.6 is 0 Å². The van der Waals surface area contributed by atoms with Crippen LogP contribution in [-0.2, 0) is 6.42 Å². The number of nitrogens with zero attached hydrogens (tertiary/aromatic N) is 3. The van der Waals surface area contributed by atoms with E-state index in [-0.39, 0.29) is 0 Å². The van der Waals surface area contributed by atoms with Gasteiger partial charge in [0.15, 0.2) is 0 Å². The molecular weight excluding hydrogens is 176 g/mol. The highest BCUT2D eigenvalue weighted by atomic mass is 15.5. The molecule has 4 nitrogen and oxygen atoms in total. The van der Waals surface area contributed by atoms with Gasteiger partial charge in [-0.3, -0.25) is 0 Å². The maximum absolute atomic E-state index is 5.49. The molecule has 0 saturated heterocycles. The van der Waals surface area contributed by atoms with E-state index in [1.54, 1.807) is 17.2 Å². The molecule has 1 aromatic heterocycles. The van der Waals surface area contributed by atoms with Crippen LogP contribution < -0.4 is 5.73 Å². The molecule has 0 unspecified atom stereocenters. The van der Waals surface area contributed by atoms with Crippen LogP contribution in [0.15, 0.2) is 36.7 Å². The monoisotopic (exact) mass is 188 g/mol. The molecule has 0 spiro atoms. The zero-order valence-corrected chi connectivity index (χ0v) is 7.80. The fourth-order valence-corrected chi connectivity index (χ4v) is 1.35. The molecule has 2 aromatic rings. The number of benzene rings is 1. The molecule has 4 heteroatoms. The average Bonchev–Trinajstić information content (AvgIpc) is 2.71. The van der Waals surface area contributed by atoms with Crippen LogP contribution in [0.1, 0.15) is 5.56 Å². The Morgan fingerprint density at radius 1 is 1.21 bits per heavy atom. The van der Waals surface area contributed by atoms with E-state index in [1.165, 1.54) is 5.56 Å². The Morgan fingerprint density at radius 3 is 2.71 bits per heavy atom. The van der Waals surface area contributed by atoms with Crippen molar-refractivity contribution in [3.8, 4) is 5.69 Å². The molecule has 0 atom stereocenters. The first-order valence-electron chi connectivity index (χ1n) is 4.56. The lowest BCUT2D eigenvalue weighted by molar-refractivity contribution is 0.750. The Bertz CT molecular complexity index is 394. The zero-order chi connectivity index (χ0) is 9.80. The molecule has 0 amide bonds. The van der Waals surface area contributed by atoms with Crippen LogP contribution in [0.4, 0.5) is 0 Å². The van der Waals surface area contributed by atoms with Gasteiger partial charge in [-0.15, -0.1) is 0 Å². The van der Waals surface area contributed by atoms with E-state index in [0.717, 1.165) is 12.1 Å². The van der Waals surface area contributed by atoms with Crippen molar-refractivity contribution in [1.82, 2.24) is 15.0 Å². The maximum Gasteiger partial charge on any atom is 0.0859 e. The van der Waals surface area contributed by atoms with E-state index in [9.17, 15) is 0 Å². The summed E-state index contributed by atoms with van der Waals surface area (Å²) in [4.78, 5) is 1.60. The normalized spacial score (nSPS) is 10.4. The average molecular weight is 188 g/mol. The molecule has 72 valence electrons. The van der Waals surface area contributed by atoms with Crippen molar-refractivity contribution in [2.24, 2.45) is 5.73 Å². The first kappa shape index (κ1) is 8.90. The Balaban J connectivity index is 2.31. The van der Waals surface area contributed by atoms with Crippen molar-refractivity contribution >= 4 is 0 Å². The van der Waals surface area contributed by atoms with Gasteiger partial charge < -0.3 is 5.73 Å². The van der Waals surface area contributed by atoms with Crippen molar-refractivity contribution in [2.75, 3.05) is 6.54 Å². The van der Waals surface area contributed by atoms with Crippen LogP contribution in [0.2, 0.25) is 0 Å². The second-order valence-electron chi connectivity index (χ2n) is 3.03. The smallest absolute Gasteiger partial charge is 0.0859 e. The van der Waals surface area contributed by atoms with Crippen molar-refractivity contribution in [3.63, 3.8) is 0 Å². The standard InChI is InChI=1S/C10H12N4/c11-5-4-9-2-1-3-10(8-9)14-12-6-7-13-14/h1-3,6-8H,4-5,11H2. The van der Waals surface area contributed by atoms with E-state index in [1.807, 2.05) is 18.2 Å². The summed E-state index contributed by atoms with van der Waals surface area (Å²) in [7, 11) is 0. The summed E-state index contributed by atoms with van der Waals surface area (Å²) in [6.07, 6.45) is 4.21. The van der Waals surface area contributed by atoms with Crippen LogP contribution in [0.5, 0.6) is 0 Å². The number of aromatic nitrogens is 3. The lowest BCUT2D eigenvalue weighted by Gasteiger charge is -2.02. The van der Waals surface area contributed by atoms with Gasteiger partial charge in [0.2, 0.25) is 0 Å². The Labute approximate surface area is 82.4 Å². The van der Waals surface area contributed by atoms with Gasteiger partial charge in [0.25, 0.3) is 0 Å². The predicted molar refractivity (Wildman–Crippen MR) is 54.1 cm³/mol. The zero-order valence-electron chi connectivity index (χ0n) is 7.80. The van der Waals surface area contributed by atoms with Crippen molar-refractivity contribution in [3.05, 3.63) is 42.2 Å². The second-order valence-corrected chi connectivity index (χ2v) is 3.03. The van der Waals surface area contributed by atoms with Gasteiger partial charge in [0, 0.05) is 0 Å². The molecule has 2 N–H and O–H groups in total. The molecule has 0 aliphatic heterocycles. The third kappa shape index (κ3) is 1.80. The number of hydrogen-bond donors (Lipinski definition) is 1. The topological polar surface area (TPSA) is 56.7 Å². The summed E-state index contributed by atoms with van der Waals surface area (Å²) in [5, 5.41) is 8.12. The quantitative estimate of drug-likeness (QED) is 0.774. The van der Waals surface area contributed by atoms with Gasteiger partial charge in [0.1, 0.15) is 0 Å². The minimum Gasteiger partial charge on any atom is -0.330 e. The summed E-state index contributed by atoms with van der Waals surface area (Å²) in [6.45, 7) is 0.663. The molecule has 0 bridgehead atoms. The molecule has 14 heavy (non-hydrogen) atoms. The maximum atomic E-state index is 5.49. The van der Waals surface area contributed by atoms with Crippen molar-refractivity contribution < 1.29 is 0 Å². The Hall–Kier alpha value is -1.68. The Morgan fingerprint density at radius 2 is 2.00 bits per heavy atom. The lowest BCUT2D eigenvalue weighted by Crippen LogP contribution is -2.04. The van der Waals surface area contributed by atoms with E-state index < -0.39 is 0 Å². The highest BCUT2D eigenvalue weighted by Crippen LogP contribution is 2.08. The summed E-state index contributed by atoms with van der Waals surface area (Å²) in [6, 6.07) is 8.07. The van der Waals surface area contributed by atoms with Crippen molar-refractivity contribution in [1.29, 1.82) is 0 Å². The summed E-state index contributed by atoms with van der Waals surface area (Å²) in [5.41, 5.74) is 7.67. The molecule has 0 saturated carbocycles. The molecule has 0 aliphatic carbocycles. The summed E-state index contributed by atoms with van der Waals surface area (Å²) < 4.78 is 0. The molecule has 1 heterocycles. The van der Waals surface area contributed by atoms with Gasteiger partial charge in [-0.25, -0.2) is 0 Å². The summed E-state index contributed by atoms with van der Waals surface area (Å²) in [5.74, 6) is 0. The third-order valence-electron chi connectivity index (χ3n) is 1.99. The molecule has 0 radical (unpaired) electrons. The van der Waals surface area contributed by atoms with E-state index >= 15 is 0 Å². The van der Waals surface area contributed by atoms with Gasteiger partial charge in [-0.1, -0.05) is 12.1 Å². The van der Waals surface area contributed by atoms with Gasteiger partial charge in [0.05, 0.1) is 18.1 Å². The second kappa shape index (κ2) is 4.02. The lowest BCUT2D eigenvalue weighted by atomic mass is 10.1. The fourth-order valence-electron chi connectivity index (χ4n) is 1.35. The minimum atomic E-state index is 0.663. The van der Waals surface area contributed by atoms with E-state index in [0.29, 0.717) is 6.54 Å². The number of rotatable bonds is 3. The minimum absolute atomic E-state index is 0.663. The summed E-state index contributed by atoms with van der Waals surface area (Å²) >= 11 is 0. The molecule has 0 aliphatic rings. The first-order valence-corrected chi connectivity index (χ1v) is 4.56. The molecule has 0 fully saturated rings. The van der Waals surface area contributed by atoms with Crippen molar-refractivity contribution in [2.45, 2.75) is 6.42 Å². The Kier molecular flexibility index (Phi) is 2.55. The molecular formula is C10H12N4. The van der Waals surface area contributed by atoms with Gasteiger partial charge >= 0.3 is 0 Å². The van der Waals surface area contributed by atoms with E-state index in [2.05, 4.69) is 16.3 Å².